The first-order chi connectivity index (χ1) is 18.0. The number of carbonyl (C=O) groups is 1. The van der Waals surface area contributed by atoms with E-state index in [0.717, 1.165) is 18.4 Å². The first kappa shape index (κ1) is 25.7. The van der Waals surface area contributed by atoms with E-state index in [1.165, 1.54) is 29.5 Å². The van der Waals surface area contributed by atoms with Crippen LogP contribution in [0.15, 0.2) is 58.1 Å². The van der Waals surface area contributed by atoms with Gasteiger partial charge < -0.3 is 0 Å². The number of aryl methyl sites for hydroxylation is 1. The smallest absolute Gasteiger partial charge is 0.272 e. The second-order valence-corrected chi connectivity index (χ2v) is 14.6. The van der Waals surface area contributed by atoms with Gasteiger partial charge in [-0.2, -0.15) is 0 Å². The first-order valence-corrected chi connectivity index (χ1v) is 15.5. The second-order valence-electron chi connectivity index (χ2n) is 12.8. The van der Waals surface area contributed by atoms with E-state index in [9.17, 15) is 13.2 Å². The minimum Gasteiger partial charge on any atom is -0.295 e. The Balaban J connectivity index is 1.24. The van der Waals surface area contributed by atoms with Gasteiger partial charge in [0.05, 0.1) is 4.90 Å². The number of nitrogens with zero attached hydrogens (tertiary/aromatic N) is 4. The largest absolute Gasteiger partial charge is 0.295 e. The van der Waals surface area contributed by atoms with Gasteiger partial charge in [0.15, 0.2) is 5.78 Å². The van der Waals surface area contributed by atoms with Gasteiger partial charge in [0, 0.05) is 13.0 Å². The van der Waals surface area contributed by atoms with Crippen molar-refractivity contribution in [2.45, 2.75) is 82.8 Å². The first-order valence-electron chi connectivity index (χ1n) is 14.1. The standard InChI is InChI=1S/C30H38N4O3S/c1-19-5-8-23(9-6-19)38(36,37)28-31-32-33-34(28)18-20(2)25-11-12-26-24-10-7-21-17-22(35)13-15-29(21,3)27(24)14-16-30(25,26)4/h5-10,17,20,24-27H,11-16,18H2,1-4H3/t20-,24?,25?,26?,27?,29+,30-/m1/s1. The van der Waals surface area contributed by atoms with Crippen LogP contribution in [-0.2, 0) is 21.2 Å². The molecule has 0 saturated heterocycles. The summed E-state index contributed by atoms with van der Waals surface area (Å²) in [6.07, 6.45) is 12.9. The van der Waals surface area contributed by atoms with Crippen LogP contribution in [0.4, 0.5) is 0 Å². The molecule has 202 valence electrons. The predicted octanol–water partition coefficient (Wildman–Crippen LogP) is 5.37. The molecule has 6 rings (SSSR count). The lowest BCUT2D eigenvalue weighted by molar-refractivity contribution is -0.116. The number of fused-ring (bicyclic) bond motifs is 5. The van der Waals surface area contributed by atoms with Crippen molar-refractivity contribution in [3.05, 3.63) is 53.6 Å². The Hall–Kier alpha value is -2.61. The molecule has 2 fully saturated rings. The summed E-state index contributed by atoms with van der Waals surface area (Å²) < 4.78 is 28.2. The van der Waals surface area contributed by atoms with Gasteiger partial charge in [-0.3, -0.25) is 4.79 Å². The molecule has 1 aromatic heterocycles. The minimum absolute atomic E-state index is 0.0779. The van der Waals surface area contributed by atoms with Crippen molar-refractivity contribution >= 4 is 15.6 Å². The molecular formula is C30H38N4O3S. The highest BCUT2D eigenvalue weighted by Gasteiger charge is 2.58. The van der Waals surface area contributed by atoms with Crippen LogP contribution >= 0.6 is 0 Å². The van der Waals surface area contributed by atoms with Gasteiger partial charge in [0.2, 0.25) is 9.84 Å². The van der Waals surface area contributed by atoms with Gasteiger partial charge in [-0.1, -0.05) is 55.7 Å². The van der Waals surface area contributed by atoms with Crippen LogP contribution in [0.3, 0.4) is 0 Å². The van der Waals surface area contributed by atoms with Crippen molar-refractivity contribution in [2.75, 3.05) is 0 Å². The summed E-state index contributed by atoms with van der Waals surface area (Å²) in [6, 6.07) is 6.83. The number of allylic oxidation sites excluding steroid dienone is 4. The van der Waals surface area contributed by atoms with Crippen LogP contribution in [-0.4, -0.2) is 34.4 Å². The molecule has 1 heterocycles. The van der Waals surface area contributed by atoms with Crippen molar-refractivity contribution < 1.29 is 13.2 Å². The van der Waals surface area contributed by atoms with Crippen molar-refractivity contribution in [2.24, 2.45) is 40.4 Å². The zero-order valence-electron chi connectivity index (χ0n) is 22.8. The zero-order valence-corrected chi connectivity index (χ0v) is 23.6. The highest BCUT2D eigenvalue weighted by Crippen LogP contribution is 2.66. The van der Waals surface area contributed by atoms with Gasteiger partial charge in [0.25, 0.3) is 5.16 Å². The van der Waals surface area contributed by atoms with Gasteiger partial charge >= 0.3 is 0 Å². The lowest BCUT2D eigenvalue weighted by Crippen LogP contribution is -2.49. The van der Waals surface area contributed by atoms with Gasteiger partial charge in [-0.25, -0.2) is 13.1 Å². The summed E-state index contributed by atoms with van der Waals surface area (Å²) in [6.45, 7) is 9.51. The predicted molar refractivity (Wildman–Crippen MR) is 144 cm³/mol. The van der Waals surface area contributed by atoms with Crippen molar-refractivity contribution in [3.63, 3.8) is 0 Å². The molecule has 4 aliphatic rings. The molecule has 38 heavy (non-hydrogen) atoms. The molecule has 0 aliphatic heterocycles. The fourth-order valence-electron chi connectivity index (χ4n) is 8.70. The fourth-order valence-corrected chi connectivity index (χ4v) is 9.94. The Kier molecular flexibility index (Phi) is 6.05. The third kappa shape index (κ3) is 3.85. The molecular weight excluding hydrogens is 496 g/mol. The number of ketones is 1. The van der Waals surface area contributed by atoms with Gasteiger partial charge in [0.1, 0.15) is 0 Å². The lowest BCUT2D eigenvalue weighted by atomic mass is 9.48. The maximum atomic E-state index is 13.3. The van der Waals surface area contributed by atoms with E-state index >= 15 is 0 Å². The molecule has 0 N–H and O–H groups in total. The van der Waals surface area contributed by atoms with E-state index in [4.69, 9.17) is 0 Å². The van der Waals surface area contributed by atoms with E-state index in [-0.39, 0.29) is 32.6 Å². The molecule has 4 aliphatic carbocycles. The molecule has 8 heteroatoms. The van der Waals surface area contributed by atoms with Crippen molar-refractivity contribution in [3.8, 4) is 0 Å². The molecule has 2 aromatic rings. The third-order valence-electron chi connectivity index (χ3n) is 10.8. The summed E-state index contributed by atoms with van der Waals surface area (Å²) in [5, 5.41) is 11.7. The second kappa shape index (κ2) is 8.97. The summed E-state index contributed by atoms with van der Waals surface area (Å²) in [5.74, 6) is 2.70. The van der Waals surface area contributed by atoms with Gasteiger partial charge in [-0.05, 0) is 114 Å². The highest BCUT2D eigenvalue weighted by atomic mass is 32.2. The number of hydrogen-bond donors (Lipinski definition) is 0. The number of tetrazole rings is 1. The molecule has 0 bridgehead atoms. The van der Waals surface area contributed by atoms with Crippen LogP contribution < -0.4 is 0 Å². The van der Waals surface area contributed by atoms with Crippen LogP contribution in [0, 0.1) is 47.3 Å². The van der Waals surface area contributed by atoms with E-state index in [0.29, 0.717) is 36.6 Å². The number of hydrogen-bond acceptors (Lipinski definition) is 6. The number of rotatable bonds is 5. The summed E-state index contributed by atoms with van der Waals surface area (Å²) in [5.41, 5.74) is 2.53. The van der Waals surface area contributed by atoms with Crippen LogP contribution in [0.5, 0.6) is 0 Å². The lowest BCUT2D eigenvalue weighted by Gasteiger charge is -2.56. The molecule has 0 spiro atoms. The molecule has 0 amide bonds. The van der Waals surface area contributed by atoms with E-state index < -0.39 is 9.84 Å². The molecule has 1 aromatic carbocycles. The maximum absolute atomic E-state index is 13.3. The Bertz CT molecular complexity index is 1430. The van der Waals surface area contributed by atoms with Crippen LogP contribution in [0.1, 0.15) is 64.9 Å². The molecule has 0 radical (unpaired) electrons. The third-order valence-corrected chi connectivity index (χ3v) is 12.5. The quantitative estimate of drug-likeness (QED) is 0.512. The monoisotopic (exact) mass is 534 g/mol. The molecule has 7 nitrogen and oxygen atoms in total. The Morgan fingerprint density at radius 2 is 1.84 bits per heavy atom. The maximum Gasteiger partial charge on any atom is 0.272 e. The number of benzene rings is 1. The van der Waals surface area contributed by atoms with E-state index in [1.807, 2.05) is 13.0 Å². The van der Waals surface area contributed by atoms with Gasteiger partial charge in [-0.15, -0.1) is 0 Å². The average molecular weight is 535 g/mol. The van der Waals surface area contributed by atoms with E-state index in [1.54, 1.807) is 24.3 Å². The SMILES string of the molecule is Cc1ccc(S(=O)(=O)c2nnnn2C[C@@H](C)C2CCC3C4C=CC5=CC(=O)CC[C@]5(C)C4CC[C@@]32C)cc1. The number of sulfone groups is 1. The number of carbonyl (C=O) groups excluding carboxylic acids is 1. The fraction of sp³-hybridized carbons (Fsp3) is 0.600. The van der Waals surface area contributed by atoms with Crippen LogP contribution in [0.25, 0.3) is 0 Å². The molecule has 4 unspecified atom stereocenters. The van der Waals surface area contributed by atoms with Crippen molar-refractivity contribution in [1.82, 2.24) is 20.2 Å². The topological polar surface area (TPSA) is 94.8 Å². The van der Waals surface area contributed by atoms with Crippen molar-refractivity contribution in [1.29, 1.82) is 0 Å². The summed E-state index contributed by atoms with van der Waals surface area (Å²) in [4.78, 5) is 12.3. The zero-order chi connectivity index (χ0) is 26.9. The number of aromatic nitrogens is 4. The van der Waals surface area contributed by atoms with Crippen LogP contribution in [0.2, 0.25) is 0 Å². The normalized spacial score (nSPS) is 35.3. The summed E-state index contributed by atoms with van der Waals surface area (Å²) >= 11 is 0. The molecule has 2 saturated carbocycles. The molecule has 7 atom stereocenters. The highest BCUT2D eigenvalue weighted by molar-refractivity contribution is 7.91. The average Bonchev–Trinajstić information content (AvgIpc) is 3.49. The Morgan fingerprint density at radius 3 is 2.61 bits per heavy atom. The van der Waals surface area contributed by atoms with E-state index in [2.05, 4.69) is 48.4 Å². The Morgan fingerprint density at radius 1 is 1.08 bits per heavy atom. The Labute approximate surface area is 225 Å². The summed E-state index contributed by atoms with van der Waals surface area (Å²) in [7, 11) is -3.80. The minimum atomic E-state index is -3.80.